The van der Waals surface area contributed by atoms with Crippen molar-refractivity contribution >= 4 is 23.4 Å². The first-order chi connectivity index (χ1) is 9.13. The molecule has 1 aromatic carbocycles. The second-order valence-corrected chi connectivity index (χ2v) is 4.20. The lowest BCUT2D eigenvalue weighted by molar-refractivity contribution is -0.131. The summed E-state index contributed by atoms with van der Waals surface area (Å²) in [5, 5.41) is 3.51. The van der Waals surface area contributed by atoms with Gasteiger partial charge in [-0.2, -0.15) is 0 Å². The number of esters is 1. The van der Waals surface area contributed by atoms with E-state index in [1.54, 1.807) is 18.2 Å². The van der Waals surface area contributed by atoms with E-state index < -0.39 is 0 Å². The monoisotopic (exact) mass is 277 g/mol. The third-order valence-corrected chi connectivity index (χ3v) is 2.50. The molecule has 2 aromatic rings. The summed E-state index contributed by atoms with van der Waals surface area (Å²) in [5.74, 6) is 0.854. The quantitative estimate of drug-likeness (QED) is 0.529. The third-order valence-electron chi connectivity index (χ3n) is 2.29. The number of ether oxygens (including phenoxy) is 1. The lowest BCUT2D eigenvalue weighted by Crippen LogP contribution is -2.03. The average Bonchev–Trinajstić information content (AvgIpc) is 2.37. The molecule has 0 aliphatic rings. The van der Waals surface area contributed by atoms with Crippen molar-refractivity contribution in [3.63, 3.8) is 0 Å². The highest BCUT2D eigenvalue weighted by molar-refractivity contribution is 6.29. The maximum absolute atomic E-state index is 10.8. The van der Waals surface area contributed by atoms with Crippen molar-refractivity contribution in [1.29, 1.82) is 0 Å². The topological polar surface area (TPSA) is 64.1 Å². The Morgan fingerprint density at radius 3 is 2.68 bits per heavy atom. The number of anilines is 1. The number of hydrogen-bond acceptors (Lipinski definition) is 5. The van der Waals surface area contributed by atoms with Crippen molar-refractivity contribution in [1.82, 2.24) is 9.97 Å². The van der Waals surface area contributed by atoms with Gasteiger partial charge in [-0.05, 0) is 17.7 Å². The highest BCUT2D eigenvalue weighted by Gasteiger charge is 2.00. The van der Waals surface area contributed by atoms with Crippen LogP contribution in [-0.2, 0) is 11.3 Å². The average molecular weight is 278 g/mol. The van der Waals surface area contributed by atoms with E-state index in [-0.39, 0.29) is 5.97 Å². The molecule has 6 heteroatoms. The minimum Gasteiger partial charge on any atom is -0.427 e. The summed E-state index contributed by atoms with van der Waals surface area (Å²) in [7, 11) is 0. The Morgan fingerprint density at radius 1 is 1.32 bits per heavy atom. The first-order valence-electron chi connectivity index (χ1n) is 5.62. The van der Waals surface area contributed by atoms with Gasteiger partial charge in [-0.25, -0.2) is 9.97 Å². The summed E-state index contributed by atoms with van der Waals surface area (Å²) >= 11 is 5.76. The molecule has 0 saturated carbocycles. The normalized spacial score (nSPS) is 10.0. The Bertz CT molecular complexity index is 572. The highest BCUT2D eigenvalue weighted by atomic mass is 35.5. The van der Waals surface area contributed by atoms with E-state index >= 15 is 0 Å². The molecule has 0 saturated heterocycles. The fourth-order valence-corrected chi connectivity index (χ4v) is 1.61. The number of rotatable bonds is 4. The van der Waals surface area contributed by atoms with E-state index in [1.807, 2.05) is 12.1 Å². The van der Waals surface area contributed by atoms with Crippen LogP contribution in [0.2, 0.25) is 5.15 Å². The molecule has 1 N–H and O–H groups in total. The summed E-state index contributed by atoms with van der Waals surface area (Å²) in [4.78, 5) is 18.6. The molecular formula is C13H12ClN3O2. The van der Waals surface area contributed by atoms with E-state index in [1.165, 1.54) is 13.3 Å². The van der Waals surface area contributed by atoms with Gasteiger partial charge in [0.05, 0.1) is 0 Å². The largest absolute Gasteiger partial charge is 0.427 e. The molecule has 0 radical (unpaired) electrons. The van der Waals surface area contributed by atoms with Crippen LogP contribution in [0.1, 0.15) is 12.5 Å². The predicted octanol–water partition coefficient (Wildman–Crippen LogP) is 2.67. The summed E-state index contributed by atoms with van der Waals surface area (Å²) in [6, 6.07) is 8.87. The Kier molecular flexibility index (Phi) is 4.30. The molecule has 0 aliphatic carbocycles. The van der Waals surface area contributed by atoms with Crippen LogP contribution in [0.4, 0.5) is 5.82 Å². The molecule has 0 fully saturated rings. The molecule has 0 spiro atoms. The molecule has 0 bridgehead atoms. The lowest BCUT2D eigenvalue weighted by atomic mass is 10.2. The van der Waals surface area contributed by atoms with Crippen LogP contribution in [0, 0.1) is 0 Å². The van der Waals surface area contributed by atoms with Crippen LogP contribution in [0.3, 0.4) is 0 Å². The maximum Gasteiger partial charge on any atom is 0.308 e. The zero-order valence-corrected chi connectivity index (χ0v) is 11.0. The number of nitrogens with zero attached hydrogens (tertiary/aromatic N) is 2. The standard InChI is InChI=1S/C13H12ClN3O2/c1-9(18)19-11-4-2-10(3-5-11)7-15-13-6-12(14)16-8-17-13/h2-6,8H,7H2,1H3,(H,15,16,17). The maximum atomic E-state index is 10.8. The second-order valence-electron chi connectivity index (χ2n) is 3.82. The first-order valence-corrected chi connectivity index (χ1v) is 6.00. The van der Waals surface area contributed by atoms with E-state index in [4.69, 9.17) is 16.3 Å². The van der Waals surface area contributed by atoms with Gasteiger partial charge < -0.3 is 10.1 Å². The zero-order valence-electron chi connectivity index (χ0n) is 10.3. The Balaban J connectivity index is 1.94. The molecule has 98 valence electrons. The van der Waals surface area contributed by atoms with Crippen LogP contribution < -0.4 is 10.1 Å². The van der Waals surface area contributed by atoms with Gasteiger partial charge in [0.2, 0.25) is 0 Å². The minimum atomic E-state index is -0.332. The SMILES string of the molecule is CC(=O)Oc1ccc(CNc2cc(Cl)ncn2)cc1. The van der Waals surface area contributed by atoms with Gasteiger partial charge in [0.15, 0.2) is 0 Å². The molecule has 1 aromatic heterocycles. The van der Waals surface area contributed by atoms with Crippen LogP contribution >= 0.6 is 11.6 Å². The van der Waals surface area contributed by atoms with Crippen LogP contribution in [-0.4, -0.2) is 15.9 Å². The summed E-state index contributed by atoms with van der Waals surface area (Å²) < 4.78 is 4.95. The predicted molar refractivity (Wildman–Crippen MR) is 72.1 cm³/mol. The minimum absolute atomic E-state index is 0.332. The fourth-order valence-electron chi connectivity index (χ4n) is 1.46. The van der Waals surface area contributed by atoms with Crippen LogP contribution in [0.15, 0.2) is 36.7 Å². The van der Waals surface area contributed by atoms with Gasteiger partial charge >= 0.3 is 5.97 Å². The Morgan fingerprint density at radius 2 is 2.05 bits per heavy atom. The second kappa shape index (κ2) is 6.15. The Labute approximate surface area is 115 Å². The highest BCUT2D eigenvalue weighted by Crippen LogP contribution is 2.14. The molecule has 0 atom stereocenters. The van der Waals surface area contributed by atoms with Crippen molar-refractivity contribution in [3.05, 3.63) is 47.4 Å². The van der Waals surface area contributed by atoms with Gasteiger partial charge in [-0.1, -0.05) is 23.7 Å². The van der Waals surface area contributed by atoms with Gasteiger partial charge in [0.25, 0.3) is 0 Å². The zero-order chi connectivity index (χ0) is 13.7. The number of halogens is 1. The van der Waals surface area contributed by atoms with E-state index in [0.29, 0.717) is 23.3 Å². The van der Waals surface area contributed by atoms with E-state index in [0.717, 1.165) is 5.56 Å². The summed E-state index contributed by atoms with van der Waals surface area (Å²) in [5.41, 5.74) is 1.03. The number of carbonyl (C=O) groups excluding carboxylic acids is 1. The molecule has 2 rings (SSSR count). The molecule has 0 aliphatic heterocycles. The number of benzene rings is 1. The van der Waals surface area contributed by atoms with Crippen molar-refractivity contribution < 1.29 is 9.53 Å². The molecular weight excluding hydrogens is 266 g/mol. The Hall–Kier alpha value is -2.14. The van der Waals surface area contributed by atoms with E-state index in [2.05, 4.69) is 15.3 Å². The van der Waals surface area contributed by atoms with Crippen molar-refractivity contribution in [2.24, 2.45) is 0 Å². The number of hydrogen-bond donors (Lipinski definition) is 1. The van der Waals surface area contributed by atoms with Crippen molar-refractivity contribution in [3.8, 4) is 5.75 Å². The fraction of sp³-hybridized carbons (Fsp3) is 0.154. The molecule has 0 amide bonds. The van der Waals surface area contributed by atoms with E-state index in [9.17, 15) is 4.79 Å². The number of carbonyl (C=O) groups is 1. The van der Waals surface area contributed by atoms with Gasteiger partial charge in [-0.3, -0.25) is 4.79 Å². The molecule has 1 heterocycles. The molecule has 5 nitrogen and oxygen atoms in total. The van der Waals surface area contributed by atoms with Crippen LogP contribution in [0.25, 0.3) is 0 Å². The number of nitrogens with one attached hydrogen (secondary N) is 1. The van der Waals surface area contributed by atoms with Gasteiger partial charge in [0.1, 0.15) is 23.0 Å². The molecule has 0 unspecified atom stereocenters. The van der Waals surface area contributed by atoms with Crippen LogP contribution in [0.5, 0.6) is 5.75 Å². The van der Waals surface area contributed by atoms with Gasteiger partial charge in [0, 0.05) is 19.5 Å². The van der Waals surface area contributed by atoms with Crippen molar-refractivity contribution in [2.45, 2.75) is 13.5 Å². The van der Waals surface area contributed by atoms with Crippen molar-refractivity contribution in [2.75, 3.05) is 5.32 Å². The summed E-state index contributed by atoms with van der Waals surface area (Å²) in [6.07, 6.45) is 1.40. The first kappa shape index (κ1) is 13.3. The smallest absolute Gasteiger partial charge is 0.308 e. The summed E-state index contributed by atoms with van der Waals surface area (Å²) in [6.45, 7) is 1.96. The lowest BCUT2D eigenvalue weighted by Gasteiger charge is -2.06. The third kappa shape index (κ3) is 4.22. The number of aromatic nitrogens is 2. The molecule has 19 heavy (non-hydrogen) atoms. The van der Waals surface area contributed by atoms with Gasteiger partial charge in [-0.15, -0.1) is 0 Å².